The van der Waals surface area contributed by atoms with Gasteiger partial charge in [-0.15, -0.1) is 0 Å². The highest BCUT2D eigenvalue weighted by Crippen LogP contribution is 2.22. The minimum Gasteiger partial charge on any atom is -0.480 e. The van der Waals surface area contributed by atoms with Crippen LogP contribution in [0.1, 0.15) is 48.4 Å². The third kappa shape index (κ3) is 6.44. The molecule has 144 valence electrons. The molecule has 0 aliphatic rings. The number of carbonyl (C=O) groups excluding carboxylic acids is 1. The first-order valence-corrected chi connectivity index (χ1v) is 9.16. The van der Waals surface area contributed by atoms with Crippen molar-refractivity contribution in [2.24, 2.45) is 0 Å². The van der Waals surface area contributed by atoms with Gasteiger partial charge in [-0.25, -0.2) is 9.59 Å². The number of amides is 1. The van der Waals surface area contributed by atoms with E-state index in [0.29, 0.717) is 18.8 Å². The van der Waals surface area contributed by atoms with Crippen molar-refractivity contribution < 1.29 is 19.4 Å². The average Bonchev–Trinajstić information content (AvgIpc) is 2.63. The fourth-order valence-corrected chi connectivity index (χ4v) is 2.98. The van der Waals surface area contributed by atoms with Gasteiger partial charge in [0, 0.05) is 0 Å². The molecule has 0 heterocycles. The van der Waals surface area contributed by atoms with E-state index in [4.69, 9.17) is 4.74 Å². The Labute approximate surface area is 160 Å². The third-order valence-corrected chi connectivity index (χ3v) is 4.43. The van der Waals surface area contributed by atoms with Crippen LogP contribution in [0.25, 0.3) is 0 Å². The molecule has 2 aromatic carbocycles. The Morgan fingerprint density at radius 2 is 1.81 bits per heavy atom. The maximum atomic E-state index is 12.0. The molecule has 0 bridgehead atoms. The predicted octanol–water partition coefficient (Wildman–Crippen LogP) is 4.43. The number of aliphatic carboxylic acids is 1. The van der Waals surface area contributed by atoms with Crippen molar-refractivity contribution in [3.8, 4) is 0 Å². The molecule has 2 aromatic rings. The van der Waals surface area contributed by atoms with Crippen molar-refractivity contribution in [1.29, 1.82) is 0 Å². The lowest BCUT2D eigenvalue weighted by Crippen LogP contribution is -2.41. The summed E-state index contributed by atoms with van der Waals surface area (Å²) < 4.78 is 5.13. The summed E-state index contributed by atoms with van der Waals surface area (Å²) in [5, 5.41) is 11.9. The van der Waals surface area contributed by atoms with Gasteiger partial charge in [-0.3, -0.25) is 0 Å². The molecule has 0 saturated heterocycles. The number of ether oxygens (including phenoxy) is 1. The van der Waals surface area contributed by atoms with E-state index in [2.05, 4.69) is 37.4 Å². The van der Waals surface area contributed by atoms with Crippen molar-refractivity contribution in [2.75, 3.05) is 0 Å². The van der Waals surface area contributed by atoms with Gasteiger partial charge in [0.15, 0.2) is 0 Å². The third-order valence-electron chi connectivity index (χ3n) is 4.43. The molecule has 27 heavy (non-hydrogen) atoms. The first kappa shape index (κ1) is 20.5. The van der Waals surface area contributed by atoms with Gasteiger partial charge in [0.05, 0.1) is 0 Å². The number of hydrogen-bond acceptors (Lipinski definition) is 3. The molecule has 2 rings (SSSR count). The molecule has 0 saturated carbocycles. The highest BCUT2D eigenvalue weighted by atomic mass is 16.5. The van der Waals surface area contributed by atoms with Gasteiger partial charge in [-0.1, -0.05) is 67.9 Å². The van der Waals surface area contributed by atoms with Crippen molar-refractivity contribution in [3.05, 3.63) is 70.8 Å². The van der Waals surface area contributed by atoms with Crippen LogP contribution in [0, 0.1) is 6.92 Å². The minimum absolute atomic E-state index is 0.106. The van der Waals surface area contributed by atoms with Crippen LogP contribution in [-0.4, -0.2) is 23.2 Å². The van der Waals surface area contributed by atoms with Crippen LogP contribution < -0.4 is 5.32 Å². The second kappa shape index (κ2) is 9.76. The highest BCUT2D eigenvalue weighted by Gasteiger charge is 2.21. The van der Waals surface area contributed by atoms with Gasteiger partial charge >= 0.3 is 12.1 Å². The van der Waals surface area contributed by atoms with Crippen LogP contribution >= 0.6 is 0 Å². The molecular formula is C22H27NO4. The molecule has 5 heteroatoms. The molecule has 0 radical (unpaired) electrons. The molecule has 1 amide bonds. The zero-order valence-corrected chi connectivity index (χ0v) is 16.1. The monoisotopic (exact) mass is 369 g/mol. The SMILES string of the molecule is Cc1ccc(C(C)C)c(CC[C@@H](NC(=O)OCc2ccccc2)C(=O)O)c1. The lowest BCUT2D eigenvalue weighted by atomic mass is 9.92. The number of aryl methyl sites for hydroxylation is 2. The lowest BCUT2D eigenvalue weighted by molar-refractivity contribution is -0.139. The lowest BCUT2D eigenvalue weighted by Gasteiger charge is -2.17. The number of benzene rings is 2. The molecule has 0 aliphatic carbocycles. The maximum Gasteiger partial charge on any atom is 0.408 e. The topological polar surface area (TPSA) is 75.6 Å². The zero-order chi connectivity index (χ0) is 19.8. The predicted molar refractivity (Wildman–Crippen MR) is 105 cm³/mol. The number of carboxylic acids is 1. The standard InChI is InChI=1S/C22H27NO4/c1-15(2)19-11-9-16(3)13-18(19)10-12-20(21(24)25)23-22(26)27-14-17-7-5-4-6-8-17/h4-9,11,13,15,20H,10,12,14H2,1-3H3,(H,23,26)(H,24,25)/t20-/m1/s1. The average molecular weight is 369 g/mol. The molecule has 0 fully saturated rings. The van der Waals surface area contributed by atoms with Gasteiger partial charge < -0.3 is 15.2 Å². The summed E-state index contributed by atoms with van der Waals surface area (Å²) in [6.07, 6.45) is 0.156. The van der Waals surface area contributed by atoms with Gasteiger partial charge in [0.1, 0.15) is 12.6 Å². The van der Waals surface area contributed by atoms with E-state index >= 15 is 0 Å². The van der Waals surface area contributed by atoms with Crippen LogP contribution in [0.2, 0.25) is 0 Å². The normalized spacial score (nSPS) is 11.9. The summed E-state index contributed by atoms with van der Waals surface area (Å²) >= 11 is 0. The second-order valence-electron chi connectivity index (χ2n) is 6.99. The Hall–Kier alpha value is -2.82. The molecule has 1 atom stereocenters. The van der Waals surface area contributed by atoms with Crippen molar-refractivity contribution in [3.63, 3.8) is 0 Å². The van der Waals surface area contributed by atoms with Crippen molar-refractivity contribution >= 4 is 12.1 Å². The van der Waals surface area contributed by atoms with Gasteiger partial charge in [0.2, 0.25) is 0 Å². The fraction of sp³-hybridized carbons (Fsp3) is 0.364. The Morgan fingerprint density at radius 1 is 1.11 bits per heavy atom. The molecule has 0 aromatic heterocycles. The van der Waals surface area contributed by atoms with E-state index in [-0.39, 0.29) is 6.61 Å². The summed E-state index contributed by atoms with van der Waals surface area (Å²) in [6, 6.07) is 14.5. The number of hydrogen-bond donors (Lipinski definition) is 2. The van der Waals surface area contributed by atoms with Crippen LogP contribution in [0.5, 0.6) is 0 Å². The molecular weight excluding hydrogens is 342 g/mol. The first-order chi connectivity index (χ1) is 12.9. The van der Waals surface area contributed by atoms with Crippen LogP contribution in [-0.2, 0) is 22.6 Å². The number of nitrogens with one attached hydrogen (secondary N) is 1. The van der Waals surface area contributed by atoms with Gasteiger partial charge in [-0.2, -0.15) is 0 Å². The highest BCUT2D eigenvalue weighted by molar-refractivity contribution is 5.79. The quantitative estimate of drug-likeness (QED) is 0.722. The summed E-state index contributed by atoms with van der Waals surface area (Å²) in [7, 11) is 0. The van der Waals surface area contributed by atoms with Crippen molar-refractivity contribution in [2.45, 2.75) is 52.2 Å². The molecule has 0 unspecified atom stereocenters. The minimum atomic E-state index is -1.06. The van der Waals surface area contributed by atoms with Crippen LogP contribution in [0.3, 0.4) is 0 Å². The number of carboxylic acid groups (broad SMARTS) is 1. The Kier molecular flexibility index (Phi) is 7.41. The molecule has 5 nitrogen and oxygen atoms in total. The van der Waals surface area contributed by atoms with E-state index in [9.17, 15) is 14.7 Å². The number of rotatable bonds is 8. The molecule has 2 N–H and O–H groups in total. The van der Waals surface area contributed by atoms with Gasteiger partial charge in [-0.05, 0) is 42.4 Å². The van der Waals surface area contributed by atoms with E-state index in [1.54, 1.807) is 0 Å². The summed E-state index contributed by atoms with van der Waals surface area (Å²) in [6.45, 7) is 6.35. The summed E-state index contributed by atoms with van der Waals surface area (Å²) in [5.41, 5.74) is 4.31. The van der Waals surface area contributed by atoms with Crippen molar-refractivity contribution in [1.82, 2.24) is 5.32 Å². The fourth-order valence-electron chi connectivity index (χ4n) is 2.98. The summed E-state index contributed by atoms with van der Waals surface area (Å²) in [5.74, 6) is -0.710. The van der Waals surface area contributed by atoms with E-state index in [1.807, 2.05) is 37.3 Å². The first-order valence-electron chi connectivity index (χ1n) is 9.16. The largest absolute Gasteiger partial charge is 0.480 e. The Bertz CT molecular complexity index is 771. The Morgan fingerprint density at radius 3 is 2.44 bits per heavy atom. The van der Waals surface area contributed by atoms with Crippen LogP contribution in [0.4, 0.5) is 4.79 Å². The maximum absolute atomic E-state index is 12.0. The zero-order valence-electron chi connectivity index (χ0n) is 16.1. The molecule has 0 aliphatic heterocycles. The van der Waals surface area contributed by atoms with Gasteiger partial charge in [0.25, 0.3) is 0 Å². The molecule has 0 spiro atoms. The van der Waals surface area contributed by atoms with Crippen LogP contribution in [0.15, 0.2) is 48.5 Å². The van der Waals surface area contributed by atoms with E-state index in [1.165, 1.54) is 5.56 Å². The smallest absolute Gasteiger partial charge is 0.408 e. The van der Waals surface area contributed by atoms with E-state index < -0.39 is 18.1 Å². The number of carbonyl (C=O) groups is 2. The van der Waals surface area contributed by atoms with E-state index in [0.717, 1.165) is 16.7 Å². The number of alkyl carbamates (subject to hydrolysis) is 1. The summed E-state index contributed by atoms with van der Waals surface area (Å²) in [4.78, 5) is 23.5. The Balaban J connectivity index is 1.95. The second-order valence-corrected chi connectivity index (χ2v) is 6.99.